The zero-order chi connectivity index (χ0) is 23.1. The minimum Gasteiger partial charge on any atom is -0.496 e. The summed E-state index contributed by atoms with van der Waals surface area (Å²) in [5, 5.41) is 8.18. The third-order valence-electron chi connectivity index (χ3n) is 8.28. The molecule has 3 aliphatic carbocycles. The summed E-state index contributed by atoms with van der Waals surface area (Å²) in [7, 11) is 1.76. The van der Waals surface area contributed by atoms with Gasteiger partial charge in [0.05, 0.1) is 13.3 Å². The predicted octanol–water partition coefficient (Wildman–Crippen LogP) is 6.55. The molecule has 2 aromatic heterocycles. The van der Waals surface area contributed by atoms with Gasteiger partial charge >= 0.3 is 0 Å². The van der Waals surface area contributed by atoms with Gasteiger partial charge in [0, 0.05) is 30.5 Å². The lowest BCUT2D eigenvalue weighted by molar-refractivity contribution is 0.0505. The summed E-state index contributed by atoms with van der Waals surface area (Å²) in [6, 6.07) is 11.4. The molecule has 0 radical (unpaired) electrons. The molecule has 6 rings (SSSR count). The minimum absolute atomic E-state index is 0.355. The topological polar surface area (TPSA) is 52.0 Å². The molecule has 0 unspecified atom stereocenters. The smallest absolute Gasteiger partial charge is 0.126 e. The highest BCUT2D eigenvalue weighted by Gasteiger charge is 2.49. The van der Waals surface area contributed by atoms with Gasteiger partial charge in [-0.15, -0.1) is 0 Å². The van der Waals surface area contributed by atoms with Crippen molar-refractivity contribution in [3.63, 3.8) is 0 Å². The lowest BCUT2D eigenvalue weighted by atomic mass is 9.52. The fraction of sp³-hybridized carbons (Fsp3) is 0.500. The van der Waals surface area contributed by atoms with Crippen molar-refractivity contribution < 1.29 is 4.74 Å². The first-order valence-electron chi connectivity index (χ1n) is 12.3. The first-order chi connectivity index (χ1) is 15.9. The van der Waals surface area contributed by atoms with Gasteiger partial charge in [0.15, 0.2) is 0 Å². The van der Waals surface area contributed by atoms with E-state index in [0.29, 0.717) is 16.9 Å². The zero-order valence-electron chi connectivity index (χ0n) is 20.4. The van der Waals surface area contributed by atoms with E-state index in [1.54, 1.807) is 7.11 Å². The molecule has 1 aromatic carbocycles. The Balaban J connectivity index is 1.25. The van der Waals surface area contributed by atoms with E-state index < -0.39 is 0 Å². The van der Waals surface area contributed by atoms with Crippen LogP contribution in [0.1, 0.15) is 69.5 Å². The van der Waals surface area contributed by atoms with E-state index >= 15 is 0 Å². The van der Waals surface area contributed by atoms with Crippen LogP contribution in [0.5, 0.6) is 5.75 Å². The second-order valence-electron chi connectivity index (χ2n) is 10.6. The average Bonchev–Trinajstić information content (AvgIpc) is 3.35. The fourth-order valence-corrected chi connectivity index (χ4v) is 5.92. The van der Waals surface area contributed by atoms with Gasteiger partial charge in [-0.05, 0) is 105 Å². The van der Waals surface area contributed by atoms with Crippen molar-refractivity contribution in [2.75, 3.05) is 19.0 Å². The molecule has 0 spiro atoms. The Kier molecular flexibility index (Phi) is 5.67. The number of ether oxygens (including phenoxy) is 1. The quantitative estimate of drug-likeness (QED) is 0.449. The number of benzene rings is 1. The van der Waals surface area contributed by atoms with Gasteiger partial charge in [-0.2, -0.15) is 5.10 Å². The number of hydrogen-bond acceptors (Lipinski definition) is 4. The largest absolute Gasteiger partial charge is 0.496 e. The molecule has 5 nitrogen and oxygen atoms in total. The van der Waals surface area contributed by atoms with Gasteiger partial charge in [-0.3, -0.25) is 4.68 Å². The number of aryl methyl sites for hydroxylation is 1. The van der Waals surface area contributed by atoms with E-state index in [1.807, 2.05) is 17.1 Å². The Morgan fingerprint density at radius 2 is 1.79 bits per heavy atom. The molecule has 5 heteroatoms. The number of hydrogen-bond donors (Lipinski definition) is 1. The van der Waals surface area contributed by atoms with Gasteiger partial charge < -0.3 is 10.1 Å². The normalized spacial score (nSPS) is 24.3. The summed E-state index contributed by atoms with van der Waals surface area (Å²) < 4.78 is 7.49. The van der Waals surface area contributed by atoms with Crippen LogP contribution in [0.3, 0.4) is 0 Å². The Hall–Kier alpha value is -2.82. The van der Waals surface area contributed by atoms with Crippen molar-refractivity contribution in [1.82, 2.24) is 14.8 Å². The molecule has 3 aliphatic rings. The molecule has 0 aliphatic heterocycles. The van der Waals surface area contributed by atoms with Crippen LogP contribution >= 0.6 is 0 Å². The van der Waals surface area contributed by atoms with Gasteiger partial charge in [0.2, 0.25) is 0 Å². The highest BCUT2D eigenvalue weighted by atomic mass is 16.5. The minimum atomic E-state index is 0.355. The number of nitrogens with zero attached hydrogens (tertiary/aromatic N) is 3. The number of pyridine rings is 1. The van der Waals surface area contributed by atoms with Crippen LogP contribution in [-0.2, 0) is 5.41 Å². The lowest BCUT2D eigenvalue weighted by Gasteiger charge is -2.54. The molecule has 33 heavy (non-hydrogen) atoms. The molecule has 3 fully saturated rings. The molecule has 3 saturated carbocycles. The Morgan fingerprint density at radius 3 is 2.42 bits per heavy atom. The van der Waals surface area contributed by atoms with Crippen molar-refractivity contribution in [3.05, 3.63) is 60.0 Å². The van der Waals surface area contributed by atoms with Gasteiger partial charge in [-0.25, -0.2) is 4.98 Å². The molecule has 0 saturated heterocycles. The maximum atomic E-state index is 5.48. The van der Waals surface area contributed by atoms with Crippen molar-refractivity contribution in [3.8, 4) is 16.9 Å². The first kappa shape index (κ1) is 22.0. The molecule has 1 N–H and O–H groups in total. The monoisotopic (exact) mass is 444 g/mol. The lowest BCUT2D eigenvalue weighted by Crippen LogP contribution is -2.47. The Labute approximate surface area is 197 Å². The fourth-order valence-electron chi connectivity index (χ4n) is 5.92. The highest BCUT2D eigenvalue weighted by Crippen LogP contribution is 2.58. The molecule has 174 valence electrons. The Bertz CT molecular complexity index is 1110. The van der Waals surface area contributed by atoms with Crippen molar-refractivity contribution in [2.45, 2.75) is 70.8 Å². The maximum absolute atomic E-state index is 5.48. The van der Waals surface area contributed by atoms with E-state index in [-0.39, 0.29) is 0 Å². The number of fused-ring (bicyclic) bond motifs is 3. The molecule has 0 atom stereocenters. The third-order valence-corrected chi connectivity index (χ3v) is 8.28. The number of aromatic nitrogens is 3. The zero-order valence-corrected chi connectivity index (χ0v) is 20.4. The van der Waals surface area contributed by atoms with Crippen LogP contribution < -0.4 is 10.1 Å². The number of rotatable bonds is 7. The molecule has 3 aromatic rings. The Morgan fingerprint density at radius 1 is 1.03 bits per heavy atom. The summed E-state index contributed by atoms with van der Waals surface area (Å²) in [6.45, 7) is 7.46. The van der Waals surface area contributed by atoms with E-state index in [2.05, 4.69) is 72.7 Å². The van der Waals surface area contributed by atoms with Gasteiger partial charge in [0.25, 0.3) is 0 Å². The summed E-state index contributed by atoms with van der Waals surface area (Å²) in [5.41, 5.74) is 5.81. The first-order valence-corrected chi connectivity index (χ1v) is 12.3. The molecular formula is C28H36N4O. The average molecular weight is 445 g/mol. The molecular weight excluding hydrogens is 408 g/mol. The second kappa shape index (κ2) is 8.51. The van der Waals surface area contributed by atoms with E-state index in [0.717, 1.165) is 29.2 Å². The molecule has 2 bridgehead atoms. The number of methoxy groups -OCH3 is 1. The van der Waals surface area contributed by atoms with Gasteiger partial charge in [0.1, 0.15) is 11.6 Å². The maximum Gasteiger partial charge on any atom is 0.126 e. The number of anilines is 1. The molecule has 0 amide bonds. The van der Waals surface area contributed by atoms with Crippen LogP contribution in [-0.4, -0.2) is 28.4 Å². The molecule has 2 heterocycles. The SMILES string of the molecule is COc1ccc(C23CCC(CNc4cc(-c5cnn(C(C)C)c5)ccn4)(CC2)CC3)cc1C. The summed E-state index contributed by atoms with van der Waals surface area (Å²) in [5.74, 6) is 1.96. The third kappa shape index (κ3) is 4.14. The van der Waals surface area contributed by atoms with Gasteiger partial charge in [-0.1, -0.05) is 12.1 Å². The second-order valence-corrected chi connectivity index (χ2v) is 10.6. The summed E-state index contributed by atoms with van der Waals surface area (Å²) in [4.78, 5) is 4.61. The van der Waals surface area contributed by atoms with Crippen molar-refractivity contribution >= 4 is 5.82 Å². The summed E-state index contributed by atoms with van der Waals surface area (Å²) in [6.07, 6.45) is 13.7. The van der Waals surface area contributed by atoms with E-state index in [1.165, 1.54) is 49.7 Å². The van der Waals surface area contributed by atoms with Crippen LogP contribution in [0.2, 0.25) is 0 Å². The van der Waals surface area contributed by atoms with E-state index in [4.69, 9.17) is 4.74 Å². The van der Waals surface area contributed by atoms with Crippen molar-refractivity contribution in [2.24, 2.45) is 5.41 Å². The van der Waals surface area contributed by atoms with E-state index in [9.17, 15) is 0 Å². The van der Waals surface area contributed by atoms with Crippen LogP contribution in [0, 0.1) is 12.3 Å². The van der Waals surface area contributed by atoms with Crippen LogP contribution in [0.4, 0.5) is 5.82 Å². The number of nitrogens with one attached hydrogen (secondary N) is 1. The van der Waals surface area contributed by atoms with Crippen LogP contribution in [0.25, 0.3) is 11.1 Å². The highest BCUT2D eigenvalue weighted by molar-refractivity contribution is 5.64. The predicted molar refractivity (Wildman–Crippen MR) is 134 cm³/mol. The standard InChI is InChI=1S/C28H36N4O/c1-20(2)32-18-23(17-31-32)22-7-14-29-26(16-22)30-19-27-8-11-28(12-9-27,13-10-27)24-5-6-25(33-4)21(3)15-24/h5-7,14-18,20H,8-13,19H2,1-4H3,(H,29,30). The van der Waals surface area contributed by atoms with Crippen molar-refractivity contribution in [1.29, 1.82) is 0 Å². The summed E-state index contributed by atoms with van der Waals surface area (Å²) >= 11 is 0. The van der Waals surface area contributed by atoms with Crippen LogP contribution in [0.15, 0.2) is 48.9 Å².